The molecular formula is C35H22GaN2O2. The zero-order valence-electron chi connectivity index (χ0n) is 21.5. The van der Waals surface area contributed by atoms with Gasteiger partial charge in [0.1, 0.15) is 0 Å². The standard InChI is InChI=1S/C19H14N2O.C16H10O.Ga/c22-18-13-7-6-12-17(18)21-19(14-8-2-1-3-9-14)15-10-4-5-11-16(15)20-21;17-14-8-12-6-4-10-2-1-3-11-5-7-13(9-14)16(12)15(10)11;/h1-13,22H;1-9,17H;/q;;+2/p-2. The quantitative estimate of drug-likeness (QED) is 0.148. The van der Waals surface area contributed by atoms with E-state index in [9.17, 15) is 0 Å². The zero-order chi connectivity index (χ0) is 26.5. The molecule has 0 aliphatic carbocycles. The van der Waals surface area contributed by atoms with Gasteiger partial charge in [-0.05, 0) is 0 Å². The van der Waals surface area contributed by atoms with Gasteiger partial charge in [0.05, 0.1) is 0 Å². The molecule has 0 saturated carbocycles. The van der Waals surface area contributed by atoms with Crippen LogP contribution in [0.2, 0.25) is 0 Å². The SMILES string of the molecule is c1ccc(-c2c3ccccc3nn2-c2ccccc2[O][Ga][O]c2cc3ccc4cccc5ccc(c2)c3c45)cc1. The summed E-state index contributed by atoms with van der Waals surface area (Å²) >= 11 is -1.58. The molecule has 0 unspecified atom stereocenters. The zero-order valence-corrected chi connectivity index (χ0v) is 23.9. The van der Waals surface area contributed by atoms with Gasteiger partial charge in [0.15, 0.2) is 0 Å². The van der Waals surface area contributed by atoms with Crippen LogP contribution in [0.15, 0.2) is 133 Å². The first-order valence-corrected chi connectivity index (χ1v) is 15.3. The number of rotatable bonds is 6. The van der Waals surface area contributed by atoms with Crippen LogP contribution in [-0.4, -0.2) is 27.9 Å². The average molecular weight is 572 g/mol. The van der Waals surface area contributed by atoms with Crippen molar-refractivity contribution in [2.45, 2.75) is 0 Å². The fourth-order valence-corrected chi connectivity index (χ4v) is 6.99. The number of hydrogen-bond donors (Lipinski definition) is 0. The van der Waals surface area contributed by atoms with Gasteiger partial charge in [0, 0.05) is 0 Å². The van der Waals surface area contributed by atoms with E-state index in [2.05, 4.69) is 97.1 Å². The van der Waals surface area contributed by atoms with E-state index in [-0.39, 0.29) is 0 Å². The molecule has 1 radical (unpaired) electrons. The molecule has 1 heterocycles. The molecular weight excluding hydrogens is 550 g/mol. The van der Waals surface area contributed by atoms with Crippen LogP contribution < -0.4 is 7.06 Å². The van der Waals surface area contributed by atoms with Crippen LogP contribution in [-0.2, 0) is 0 Å². The van der Waals surface area contributed by atoms with Gasteiger partial charge in [-0.2, -0.15) is 0 Å². The van der Waals surface area contributed by atoms with Crippen LogP contribution >= 0.6 is 0 Å². The molecule has 0 spiro atoms. The summed E-state index contributed by atoms with van der Waals surface area (Å²) in [6.45, 7) is 0. The molecule has 8 aromatic rings. The molecule has 4 nitrogen and oxygen atoms in total. The Labute approximate surface area is 239 Å². The molecule has 0 amide bonds. The van der Waals surface area contributed by atoms with E-state index in [1.54, 1.807) is 0 Å². The van der Waals surface area contributed by atoms with E-state index < -0.39 is 18.1 Å². The summed E-state index contributed by atoms with van der Waals surface area (Å²) in [4.78, 5) is 0. The first-order chi connectivity index (χ1) is 19.8. The number of benzene rings is 7. The molecule has 0 bridgehead atoms. The molecule has 40 heavy (non-hydrogen) atoms. The normalized spacial score (nSPS) is 11.5. The van der Waals surface area contributed by atoms with E-state index in [1.165, 1.54) is 32.3 Å². The maximum absolute atomic E-state index is 6.41. The van der Waals surface area contributed by atoms with E-state index in [0.717, 1.165) is 39.3 Å². The van der Waals surface area contributed by atoms with Crippen molar-refractivity contribution in [1.82, 2.24) is 9.78 Å². The Morgan fingerprint density at radius 1 is 0.550 bits per heavy atom. The second-order valence-corrected chi connectivity index (χ2v) is 11.3. The predicted octanol–water partition coefficient (Wildman–Crippen LogP) is 8.58. The third-order valence-electron chi connectivity index (χ3n) is 7.52. The van der Waals surface area contributed by atoms with Crippen molar-refractivity contribution in [3.05, 3.63) is 133 Å². The molecule has 0 fully saturated rings. The van der Waals surface area contributed by atoms with Crippen LogP contribution in [0.3, 0.4) is 0 Å². The van der Waals surface area contributed by atoms with Crippen molar-refractivity contribution in [1.29, 1.82) is 0 Å². The topological polar surface area (TPSA) is 36.3 Å². The van der Waals surface area contributed by atoms with Gasteiger partial charge >= 0.3 is 240 Å². The second kappa shape index (κ2) is 9.48. The Kier molecular flexibility index (Phi) is 5.50. The molecule has 1 aromatic heterocycles. The van der Waals surface area contributed by atoms with Crippen LogP contribution in [0.25, 0.3) is 60.2 Å². The van der Waals surface area contributed by atoms with Gasteiger partial charge in [-0.15, -0.1) is 0 Å². The number of nitrogens with zero attached hydrogens (tertiary/aromatic N) is 2. The fraction of sp³-hybridized carbons (Fsp3) is 0. The van der Waals surface area contributed by atoms with Gasteiger partial charge in [-0.1, -0.05) is 0 Å². The fourth-order valence-electron chi connectivity index (χ4n) is 5.74. The summed E-state index contributed by atoms with van der Waals surface area (Å²) in [5.41, 5.74) is 3.99. The summed E-state index contributed by atoms with van der Waals surface area (Å²) in [5.74, 6) is 1.61. The Balaban J connectivity index is 1.13. The Morgan fingerprint density at radius 3 is 2.00 bits per heavy atom. The van der Waals surface area contributed by atoms with Crippen LogP contribution in [0.4, 0.5) is 0 Å². The van der Waals surface area contributed by atoms with E-state index in [4.69, 9.17) is 12.2 Å². The number of aromatic nitrogens is 2. The first-order valence-electron chi connectivity index (χ1n) is 13.3. The third kappa shape index (κ3) is 3.82. The molecule has 5 heteroatoms. The van der Waals surface area contributed by atoms with Crippen molar-refractivity contribution in [2.24, 2.45) is 0 Å². The van der Waals surface area contributed by atoms with Gasteiger partial charge in [-0.25, -0.2) is 0 Å². The molecule has 7 aromatic carbocycles. The van der Waals surface area contributed by atoms with Crippen molar-refractivity contribution < 1.29 is 7.06 Å². The Bertz CT molecular complexity index is 2090. The van der Waals surface area contributed by atoms with E-state index in [0.29, 0.717) is 0 Å². The molecule has 8 rings (SSSR count). The van der Waals surface area contributed by atoms with Crippen LogP contribution in [0.5, 0.6) is 11.5 Å². The second-order valence-electron chi connectivity index (χ2n) is 9.90. The molecule has 0 aliphatic heterocycles. The summed E-state index contributed by atoms with van der Waals surface area (Å²) < 4.78 is 14.7. The Hall–Kier alpha value is -4.71. The minimum atomic E-state index is -1.58. The van der Waals surface area contributed by atoms with Crippen molar-refractivity contribution in [3.63, 3.8) is 0 Å². The summed E-state index contributed by atoms with van der Waals surface area (Å²) in [6, 6.07) is 46.2. The van der Waals surface area contributed by atoms with E-state index >= 15 is 0 Å². The monoisotopic (exact) mass is 571 g/mol. The maximum atomic E-state index is 6.41. The van der Waals surface area contributed by atoms with E-state index in [1.807, 2.05) is 41.1 Å². The van der Waals surface area contributed by atoms with Crippen molar-refractivity contribution in [3.8, 4) is 28.4 Å². The number of fused-ring (bicyclic) bond motifs is 1. The van der Waals surface area contributed by atoms with Crippen LogP contribution in [0.1, 0.15) is 0 Å². The minimum absolute atomic E-state index is 0.769. The molecule has 0 N–H and O–H groups in total. The summed E-state index contributed by atoms with van der Waals surface area (Å²) in [5, 5.41) is 13.6. The van der Waals surface area contributed by atoms with Gasteiger partial charge in [0.25, 0.3) is 0 Å². The summed E-state index contributed by atoms with van der Waals surface area (Å²) in [7, 11) is 0. The number of para-hydroxylation sites is 2. The Morgan fingerprint density at radius 2 is 1.20 bits per heavy atom. The number of hydrogen-bond acceptors (Lipinski definition) is 3. The third-order valence-corrected chi connectivity index (χ3v) is 9.02. The van der Waals surface area contributed by atoms with Crippen LogP contribution in [0, 0.1) is 0 Å². The molecule has 187 valence electrons. The van der Waals surface area contributed by atoms with Gasteiger partial charge in [-0.3, -0.25) is 0 Å². The molecule has 0 aliphatic rings. The molecule has 0 atom stereocenters. The average Bonchev–Trinajstić information content (AvgIpc) is 3.40. The first kappa shape index (κ1) is 23.2. The molecule has 0 saturated heterocycles. The van der Waals surface area contributed by atoms with Crippen molar-refractivity contribution in [2.75, 3.05) is 0 Å². The van der Waals surface area contributed by atoms with Crippen molar-refractivity contribution >= 4 is 61.4 Å². The predicted molar refractivity (Wildman–Crippen MR) is 164 cm³/mol. The van der Waals surface area contributed by atoms with Gasteiger partial charge < -0.3 is 0 Å². The summed E-state index contributed by atoms with van der Waals surface area (Å²) in [6.07, 6.45) is 0. The van der Waals surface area contributed by atoms with Gasteiger partial charge in [0.2, 0.25) is 0 Å².